The van der Waals surface area contributed by atoms with Crippen molar-refractivity contribution in [2.24, 2.45) is 5.73 Å². The van der Waals surface area contributed by atoms with E-state index in [1.807, 2.05) is 18.4 Å². The average Bonchev–Trinajstić information content (AvgIpc) is 2.51. The molecule has 0 aliphatic carbocycles. The number of thiophene rings is 1. The second kappa shape index (κ2) is 7.22. The van der Waals surface area contributed by atoms with Crippen molar-refractivity contribution in [3.8, 4) is 0 Å². The summed E-state index contributed by atoms with van der Waals surface area (Å²) in [4.78, 5) is 12.2. The molecule has 0 bridgehead atoms. The van der Waals surface area contributed by atoms with Gasteiger partial charge in [-0.1, -0.05) is 0 Å². The monoisotopic (exact) mass is 312 g/mol. The highest BCUT2D eigenvalue weighted by atomic mass is 79.9. The van der Waals surface area contributed by atoms with Crippen LogP contribution in [0.5, 0.6) is 0 Å². The Morgan fingerprint density at radius 1 is 1.73 bits per heavy atom. The van der Waals surface area contributed by atoms with Crippen LogP contribution in [0.4, 0.5) is 0 Å². The third-order valence-electron chi connectivity index (χ3n) is 1.68. The molecule has 1 aromatic heterocycles. The zero-order valence-electron chi connectivity index (χ0n) is 8.33. The normalized spacial score (nSPS) is 11.7. The minimum Gasteiger partial charge on any atom is -0.351 e. The van der Waals surface area contributed by atoms with Crippen LogP contribution in [0.15, 0.2) is 15.9 Å². The summed E-state index contributed by atoms with van der Waals surface area (Å²) >= 11 is 4.73. The van der Waals surface area contributed by atoms with Crippen molar-refractivity contribution in [1.29, 1.82) is 0 Å². The van der Waals surface area contributed by atoms with Crippen LogP contribution in [0, 0.1) is 0 Å². The van der Waals surface area contributed by atoms with E-state index in [9.17, 15) is 4.79 Å². The molecular formula is C9H14BrClN2OS. The largest absolute Gasteiger partial charge is 0.351 e. The summed E-state index contributed by atoms with van der Waals surface area (Å²) in [5, 5.41) is 4.70. The molecule has 0 aromatic carbocycles. The van der Waals surface area contributed by atoms with Crippen LogP contribution >= 0.6 is 39.7 Å². The van der Waals surface area contributed by atoms with Crippen LogP contribution in [0.1, 0.15) is 23.0 Å². The molecule has 1 atom stereocenters. The number of nitrogens with one attached hydrogen (secondary N) is 1. The van der Waals surface area contributed by atoms with Gasteiger partial charge in [0.2, 0.25) is 0 Å². The molecule has 0 radical (unpaired) electrons. The highest BCUT2D eigenvalue weighted by Gasteiger charge is 2.07. The summed E-state index contributed by atoms with van der Waals surface area (Å²) in [7, 11) is 0. The van der Waals surface area contributed by atoms with Gasteiger partial charge in [-0.2, -0.15) is 0 Å². The van der Waals surface area contributed by atoms with Crippen LogP contribution in [0.25, 0.3) is 0 Å². The van der Waals surface area contributed by atoms with Gasteiger partial charge in [-0.05, 0) is 35.3 Å². The summed E-state index contributed by atoms with van der Waals surface area (Å²) in [6.45, 7) is 2.56. The van der Waals surface area contributed by atoms with Gasteiger partial charge in [0.1, 0.15) is 0 Å². The Labute approximate surface area is 108 Å². The molecule has 15 heavy (non-hydrogen) atoms. The molecule has 1 unspecified atom stereocenters. The van der Waals surface area contributed by atoms with E-state index in [1.165, 1.54) is 11.3 Å². The Balaban J connectivity index is 0.00000196. The van der Waals surface area contributed by atoms with Gasteiger partial charge < -0.3 is 11.1 Å². The zero-order valence-corrected chi connectivity index (χ0v) is 11.5. The van der Waals surface area contributed by atoms with Crippen molar-refractivity contribution in [3.05, 3.63) is 20.8 Å². The fourth-order valence-electron chi connectivity index (χ4n) is 0.933. The van der Waals surface area contributed by atoms with Gasteiger partial charge >= 0.3 is 0 Å². The predicted molar refractivity (Wildman–Crippen MR) is 69.9 cm³/mol. The first-order chi connectivity index (χ1) is 6.59. The molecule has 3 N–H and O–H groups in total. The number of carbonyl (C=O) groups excluding carboxylic acids is 1. The second-order valence-corrected chi connectivity index (χ2v) is 4.98. The van der Waals surface area contributed by atoms with Crippen molar-refractivity contribution in [2.75, 3.05) is 6.54 Å². The number of hydrogen-bond donors (Lipinski definition) is 2. The topological polar surface area (TPSA) is 55.1 Å². The maximum atomic E-state index is 11.5. The number of carbonyl (C=O) groups is 1. The second-order valence-electron chi connectivity index (χ2n) is 3.15. The Morgan fingerprint density at radius 2 is 2.40 bits per heavy atom. The Morgan fingerprint density at radius 3 is 2.87 bits per heavy atom. The van der Waals surface area contributed by atoms with E-state index in [2.05, 4.69) is 21.2 Å². The number of halogens is 2. The van der Waals surface area contributed by atoms with E-state index in [4.69, 9.17) is 5.73 Å². The molecule has 1 heterocycles. The van der Waals surface area contributed by atoms with Gasteiger partial charge in [0.25, 0.3) is 5.91 Å². The maximum absolute atomic E-state index is 11.5. The van der Waals surface area contributed by atoms with Crippen molar-refractivity contribution in [3.63, 3.8) is 0 Å². The minimum absolute atomic E-state index is 0. The molecule has 0 aliphatic rings. The molecule has 86 valence electrons. The maximum Gasteiger partial charge on any atom is 0.261 e. The molecule has 0 saturated carbocycles. The Bertz CT molecular complexity index is 317. The SMILES string of the molecule is CC(N)CCNC(=O)c1cc(Br)cs1.Cl. The van der Waals surface area contributed by atoms with Gasteiger partial charge in [0.15, 0.2) is 0 Å². The van der Waals surface area contributed by atoms with Crippen molar-refractivity contribution < 1.29 is 4.79 Å². The quantitative estimate of drug-likeness (QED) is 0.897. The molecular weight excluding hydrogens is 300 g/mol. The lowest BCUT2D eigenvalue weighted by molar-refractivity contribution is 0.0957. The van der Waals surface area contributed by atoms with Gasteiger partial charge in [-0.25, -0.2) is 0 Å². The highest BCUT2D eigenvalue weighted by Crippen LogP contribution is 2.19. The van der Waals surface area contributed by atoms with Crippen LogP contribution in [0.3, 0.4) is 0 Å². The summed E-state index contributed by atoms with van der Waals surface area (Å²) in [5.74, 6) is -0.0265. The molecule has 1 amide bonds. The van der Waals surface area contributed by atoms with Crippen molar-refractivity contribution >= 4 is 45.6 Å². The lowest BCUT2D eigenvalue weighted by Gasteiger charge is -2.05. The molecule has 6 heteroatoms. The summed E-state index contributed by atoms with van der Waals surface area (Å²) in [6.07, 6.45) is 0.804. The van der Waals surface area contributed by atoms with E-state index in [0.29, 0.717) is 6.54 Å². The fourth-order valence-corrected chi connectivity index (χ4v) is 2.28. The third-order valence-corrected chi connectivity index (χ3v) is 3.37. The lowest BCUT2D eigenvalue weighted by atomic mass is 10.2. The molecule has 3 nitrogen and oxygen atoms in total. The van der Waals surface area contributed by atoms with Gasteiger partial charge in [-0.3, -0.25) is 4.79 Å². The van der Waals surface area contributed by atoms with Crippen LogP contribution < -0.4 is 11.1 Å². The van der Waals surface area contributed by atoms with Crippen LogP contribution in [-0.2, 0) is 0 Å². The molecule has 0 fully saturated rings. The van der Waals surface area contributed by atoms with Gasteiger partial charge in [0.05, 0.1) is 4.88 Å². The summed E-state index contributed by atoms with van der Waals surface area (Å²) < 4.78 is 0.944. The number of rotatable bonds is 4. The minimum atomic E-state index is -0.0265. The van der Waals surface area contributed by atoms with Crippen LogP contribution in [0.2, 0.25) is 0 Å². The zero-order chi connectivity index (χ0) is 10.6. The predicted octanol–water partition coefficient (Wildman–Crippen LogP) is 2.40. The molecule has 1 aromatic rings. The van der Waals surface area contributed by atoms with Gasteiger partial charge in [-0.15, -0.1) is 23.7 Å². The standard InChI is InChI=1S/C9H13BrN2OS.ClH/c1-6(11)2-3-12-9(13)8-4-7(10)5-14-8;/h4-6H,2-3,11H2,1H3,(H,12,13);1H. The summed E-state index contributed by atoms with van der Waals surface area (Å²) in [5.41, 5.74) is 5.57. The highest BCUT2D eigenvalue weighted by molar-refractivity contribution is 9.10. The van der Waals surface area contributed by atoms with Crippen LogP contribution in [-0.4, -0.2) is 18.5 Å². The molecule has 1 rings (SSSR count). The van der Waals surface area contributed by atoms with E-state index in [-0.39, 0.29) is 24.4 Å². The summed E-state index contributed by atoms with van der Waals surface area (Å²) in [6, 6.07) is 1.94. The number of hydrogen-bond acceptors (Lipinski definition) is 3. The van der Waals surface area contributed by atoms with Gasteiger partial charge in [0, 0.05) is 22.4 Å². The Kier molecular flexibility index (Phi) is 7.17. The molecule has 0 saturated heterocycles. The Hall–Kier alpha value is -0.100. The fraction of sp³-hybridized carbons (Fsp3) is 0.444. The van der Waals surface area contributed by atoms with Crippen molar-refractivity contribution in [1.82, 2.24) is 5.32 Å². The number of amides is 1. The van der Waals surface area contributed by atoms with E-state index >= 15 is 0 Å². The van der Waals surface area contributed by atoms with E-state index < -0.39 is 0 Å². The third kappa shape index (κ3) is 5.51. The smallest absolute Gasteiger partial charge is 0.261 e. The van der Waals surface area contributed by atoms with Crippen molar-refractivity contribution in [2.45, 2.75) is 19.4 Å². The first-order valence-electron chi connectivity index (χ1n) is 4.37. The average molecular weight is 314 g/mol. The molecule has 0 spiro atoms. The molecule has 0 aliphatic heterocycles. The first-order valence-corrected chi connectivity index (χ1v) is 6.04. The van der Waals surface area contributed by atoms with E-state index in [0.717, 1.165) is 15.8 Å². The number of nitrogens with two attached hydrogens (primary N) is 1. The van der Waals surface area contributed by atoms with E-state index in [1.54, 1.807) is 0 Å². The lowest BCUT2D eigenvalue weighted by Crippen LogP contribution is -2.28. The first kappa shape index (κ1) is 14.9.